The SMILES string of the molecule is CCS(=O)(=O)NCC(NC(=O)OC(C)(C)C)c1cccc(C(F)(F)F)c1. The molecule has 0 bridgehead atoms. The van der Waals surface area contributed by atoms with Gasteiger partial charge in [0.2, 0.25) is 10.0 Å². The lowest BCUT2D eigenvalue weighted by atomic mass is 10.0. The summed E-state index contributed by atoms with van der Waals surface area (Å²) in [6.07, 6.45) is -5.43. The summed E-state index contributed by atoms with van der Waals surface area (Å²) in [5, 5.41) is 2.41. The number of rotatable bonds is 6. The lowest BCUT2D eigenvalue weighted by Crippen LogP contribution is -2.40. The van der Waals surface area contributed by atoms with E-state index in [9.17, 15) is 26.4 Å². The molecule has 0 saturated carbocycles. The van der Waals surface area contributed by atoms with Crippen LogP contribution in [-0.2, 0) is 20.9 Å². The van der Waals surface area contributed by atoms with Crippen molar-refractivity contribution >= 4 is 16.1 Å². The first-order chi connectivity index (χ1) is 11.7. The van der Waals surface area contributed by atoms with Crippen LogP contribution in [0.25, 0.3) is 0 Å². The second-order valence-electron chi connectivity index (χ2n) is 6.57. The largest absolute Gasteiger partial charge is 0.444 e. The Bertz CT molecular complexity index is 728. The summed E-state index contributed by atoms with van der Waals surface area (Å²) in [6.45, 7) is 6.00. The molecule has 1 aromatic rings. The van der Waals surface area contributed by atoms with E-state index in [1.54, 1.807) is 20.8 Å². The molecule has 0 aromatic heterocycles. The lowest BCUT2D eigenvalue weighted by molar-refractivity contribution is -0.137. The first kappa shape index (κ1) is 22.2. The summed E-state index contributed by atoms with van der Waals surface area (Å²) in [5.41, 5.74) is -1.61. The van der Waals surface area contributed by atoms with Crippen LogP contribution >= 0.6 is 0 Å². The molecule has 0 aliphatic rings. The van der Waals surface area contributed by atoms with E-state index in [0.717, 1.165) is 12.1 Å². The van der Waals surface area contributed by atoms with Crippen LogP contribution in [0.15, 0.2) is 24.3 Å². The molecule has 148 valence electrons. The van der Waals surface area contributed by atoms with Crippen LogP contribution in [0.4, 0.5) is 18.0 Å². The molecule has 1 rings (SSSR count). The smallest absolute Gasteiger partial charge is 0.416 e. The lowest BCUT2D eigenvalue weighted by Gasteiger charge is -2.24. The quantitative estimate of drug-likeness (QED) is 0.773. The number of carbonyl (C=O) groups is 1. The van der Waals surface area contributed by atoms with Gasteiger partial charge in [0, 0.05) is 6.54 Å². The number of sulfonamides is 1. The van der Waals surface area contributed by atoms with Gasteiger partial charge in [-0.15, -0.1) is 0 Å². The molecule has 0 aliphatic carbocycles. The molecule has 0 aliphatic heterocycles. The number of halogens is 3. The molecule has 1 atom stereocenters. The van der Waals surface area contributed by atoms with Gasteiger partial charge in [-0.1, -0.05) is 12.1 Å². The summed E-state index contributed by atoms with van der Waals surface area (Å²) >= 11 is 0. The van der Waals surface area contributed by atoms with Gasteiger partial charge in [-0.3, -0.25) is 0 Å². The molecule has 0 saturated heterocycles. The van der Waals surface area contributed by atoms with Gasteiger partial charge in [0.1, 0.15) is 5.60 Å². The van der Waals surface area contributed by atoms with Gasteiger partial charge in [0.15, 0.2) is 0 Å². The standard InChI is InChI=1S/C16H23F3N2O4S/c1-5-26(23,24)20-10-13(21-14(22)25-15(2,3)4)11-7-6-8-12(9-11)16(17,18)19/h6-9,13,20H,5,10H2,1-4H3,(H,21,22). The topological polar surface area (TPSA) is 84.5 Å². The fourth-order valence-electron chi connectivity index (χ4n) is 1.95. The average Bonchev–Trinajstić information content (AvgIpc) is 2.49. The predicted molar refractivity (Wildman–Crippen MR) is 91.0 cm³/mol. The maximum absolute atomic E-state index is 12.9. The van der Waals surface area contributed by atoms with Crippen molar-refractivity contribution in [3.8, 4) is 0 Å². The van der Waals surface area contributed by atoms with Crippen molar-refractivity contribution in [3.63, 3.8) is 0 Å². The van der Waals surface area contributed by atoms with Crippen molar-refractivity contribution in [2.75, 3.05) is 12.3 Å². The van der Waals surface area contributed by atoms with E-state index in [1.165, 1.54) is 19.1 Å². The maximum atomic E-state index is 12.9. The molecular formula is C16H23F3N2O4S. The molecule has 26 heavy (non-hydrogen) atoms. The zero-order chi connectivity index (χ0) is 20.2. The minimum Gasteiger partial charge on any atom is -0.444 e. The number of benzene rings is 1. The molecule has 1 unspecified atom stereocenters. The van der Waals surface area contributed by atoms with Crippen LogP contribution in [0.5, 0.6) is 0 Å². The zero-order valence-electron chi connectivity index (χ0n) is 15.0. The molecule has 1 aromatic carbocycles. The van der Waals surface area contributed by atoms with E-state index in [1.807, 2.05) is 0 Å². The van der Waals surface area contributed by atoms with Crippen molar-refractivity contribution in [2.45, 2.75) is 45.5 Å². The number of nitrogens with one attached hydrogen (secondary N) is 2. The van der Waals surface area contributed by atoms with E-state index in [0.29, 0.717) is 0 Å². The summed E-state index contributed by atoms with van der Waals surface area (Å²) in [4.78, 5) is 12.0. The third kappa shape index (κ3) is 7.61. The fraction of sp³-hybridized carbons (Fsp3) is 0.562. The number of carbonyl (C=O) groups excluding carboxylic acids is 1. The van der Waals surface area contributed by atoms with Gasteiger partial charge in [0.05, 0.1) is 17.4 Å². The highest BCUT2D eigenvalue weighted by atomic mass is 32.2. The third-order valence-corrected chi connectivity index (χ3v) is 4.56. The first-order valence-electron chi connectivity index (χ1n) is 7.87. The van der Waals surface area contributed by atoms with Gasteiger partial charge in [-0.05, 0) is 45.4 Å². The molecule has 6 nitrogen and oxygen atoms in total. The van der Waals surface area contributed by atoms with E-state index < -0.39 is 39.5 Å². The first-order valence-corrected chi connectivity index (χ1v) is 9.53. The summed E-state index contributed by atoms with van der Waals surface area (Å²) in [7, 11) is -3.60. The molecule has 0 radical (unpaired) electrons. The van der Waals surface area contributed by atoms with Crippen molar-refractivity contribution in [1.29, 1.82) is 0 Å². The number of ether oxygens (including phenoxy) is 1. The number of alkyl halides is 3. The van der Waals surface area contributed by atoms with Crippen molar-refractivity contribution in [3.05, 3.63) is 35.4 Å². The highest BCUT2D eigenvalue weighted by Crippen LogP contribution is 2.30. The van der Waals surface area contributed by atoms with Gasteiger partial charge >= 0.3 is 12.3 Å². The summed E-state index contributed by atoms with van der Waals surface area (Å²) in [6, 6.07) is 3.29. The van der Waals surface area contributed by atoms with Crippen LogP contribution in [0.2, 0.25) is 0 Å². The highest BCUT2D eigenvalue weighted by Gasteiger charge is 2.31. The van der Waals surface area contributed by atoms with E-state index in [-0.39, 0.29) is 17.9 Å². The maximum Gasteiger partial charge on any atom is 0.416 e. The Morgan fingerprint density at radius 1 is 1.23 bits per heavy atom. The Labute approximate surface area is 151 Å². The highest BCUT2D eigenvalue weighted by molar-refractivity contribution is 7.89. The normalized spacial score (nSPS) is 14.0. The Morgan fingerprint density at radius 3 is 2.35 bits per heavy atom. The Balaban J connectivity index is 3.09. The van der Waals surface area contributed by atoms with Crippen LogP contribution < -0.4 is 10.0 Å². The van der Waals surface area contributed by atoms with Gasteiger partial charge in [0.25, 0.3) is 0 Å². The minimum atomic E-state index is -4.56. The fourth-order valence-corrected chi connectivity index (χ4v) is 2.57. The molecule has 10 heteroatoms. The molecule has 0 fully saturated rings. The van der Waals surface area contributed by atoms with E-state index >= 15 is 0 Å². The number of amides is 1. The Kier molecular flexibility index (Phi) is 7.06. The average molecular weight is 396 g/mol. The van der Waals surface area contributed by atoms with E-state index in [4.69, 9.17) is 4.74 Å². The summed E-state index contributed by atoms with van der Waals surface area (Å²) < 4.78 is 69.4. The predicted octanol–water partition coefficient (Wildman–Crippen LogP) is 3.21. The minimum absolute atomic E-state index is 0.101. The van der Waals surface area contributed by atoms with Crippen molar-refractivity contribution in [2.24, 2.45) is 0 Å². The second-order valence-corrected chi connectivity index (χ2v) is 8.67. The van der Waals surface area contributed by atoms with Crippen LogP contribution in [0.3, 0.4) is 0 Å². The van der Waals surface area contributed by atoms with E-state index in [2.05, 4.69) is 10.0 Å². The van der Waals surface area contributed by atoms with Crippen molar-refractivity contribution in [1.82, 2.24) is 10.0 Å². The molecule has 2 N–H and O–H groups in total. The number of hydrogen-bond acceptors (Lipinski definition) is 4. The Morgan fingerprint density at radius 2 is 1.85 bits per heavy atom. The van der Waals surface area contributed by atoms with Gasteiger partial charge in [-0.25, -0.2) is 17.9 Å². The Hall–Kier alpha value is -1.81. The van der Waals surface area contributed by atoms with Gasteiger partial charge in [-0.2, -0.15) is 13.2 Å². The molecule has 1 amide bonds. The molecule has 0 heterocycles. The monoisotopic (exact) mass is 396 g/mol. The number of alkyl carbamates (subject to hydrolysis) is 1. The molecular weight excluding hydrogens is 373 g/mol. The third-order valence-electron chi connectivity index (χ3n) is 3.19. The van der Waals surface area contributed by atoms with Crippen molar-refractivity contribution < 1.29 is 31.1 Å². The van der Waals surface area contributed by atoms with Gasteiger partial charge < -0.3 is 10.1 Å². The number of hydrogen-bond donors (Lipinski definition) is 2. The van der Waals surface area contributed by atoms with Crippen LogP contribution in [0.1, 0.15) is 44.9 Å². The van der Waals surface area contributed by atoms with Crippen LogP contribution in [-0.4, -0.2) is 32.4 Å². The zero-order valence-corrected chi connectivity index (χ0v) is 15.8. The summed E-state index contributed by atoms with van der Waals surface area (Å²) in [5.74, 6) is -0.200. The second kappa shape index (κ2) is 8.26. The van der Waals surface area contributed by atoms with Crippen LogP contribution in [0, 0.1) is 0 Å². The molecule has 0 spiro atoms.